The first-order valence-electron chi connectivity index (χ1n) is 26.2. The van der Waals surface area contributed by atoms with E-state index >= 15 is 26.3 Å². The standard InChI is InChI=1S/C70H59F6N3/c1-12-15-48-34-49(64-42(5)28-39(2)29-43(64)6)20-24-59(48)78(11)60-25-21-52(68-57(69(71,72)73)17-14-18-58(68)70(74,75)76)37-56(60)67-53(38-77)16-13-19-63(67)79-61-26-22-50(65-44(7)30-40(3)31-45(65)8)35-54(61)55-36-51(23-27-62(55)79)66-46(9)32-41(4)33-47(66)10/h12-14,16-37H,1,15H2,2-11H3. The monoisotopic (exact) mass is 1060 g/mol. The molecular formula is C70H59F6N3. The molecule has 3 nitrogen and oxygen atoms in total. The predicted octanol–water partition coefficient (Wildman–Crippen LogP) is 20.3. The molecule has 10 rings (SSSR count). The Morgan fingerprint density at radius 2 is 0.886 bits per heavy atom. The second-order valence-corrected chi connectivity index (χ2v) is 21.3. The van der Waals surface area contributed by atoms with E-state index in [2.05, 4.69) is 158 Å². The van der Waals surface area contributed by atoms with Crippen LogP contribution in [-0.2, 0) is 18.8 Å². The van der Waals surface area contributed by atoms with Crippen molar-refractivity contribution in [1.82, 2.24) is 4.57 Å². The van der Waals surface area contributed by atoms with Crippen LogP contribution < -0.4 is 4.90 Å². The van der Waals surface area contributed by atoms with Crippen LogP contribution in [0, 0.1) is 73.6 Å². The summed E-state index contributed by atoms with van der Waals surface area (Å²) in [6.07, 6.45) is -8.06. The second kappa shape index (κ2) is 20.3. The van der Waals surface area contributed by atoms with Crippen LogP contribution in [-0.4, -0.2) is 11.6 Å². The van der Waals surface area contributed by atoms with Crippen LogP contribution in [0.25, 0.3) is 83.1 Å². The zero-order valence-corrected chi connectivity index (χ0v) is 46.0. The minimum Gasteiger partial charge on any atom is -0.344 e. The zero-order chi connectivity index (χ0) is 56.6. The number of aryl methyl sites for hydroxylation is 9. The summed E-state index contributed by atoms with van der Waals surface area (Å²) in [6.45, 7) is 22.9. The van der Waals surface area contributed by atoms with Crippen molar-refractivity contribution in [1.29, 1.82) is 5.26 Å². The number of hydrogen-bond donors (Lipinski definition) is 0. The largest absolute Gasteiger partial charge is 0.417 e. The third-order valence-electron chi connectivity index (χ3n) is 15.5. The minimum atomic E-state index is -5.15. The summed E-state index contributed by atoms with van der Waals surface area (Å²) >= 11 is 0. The molecule has 0 unspecified atom stereocenters. The SMILES string of the molecule is C=CCc1cc(-c2c(C)cc(C)cc2C)ccc1N(C)c1ccc(-c2c(C(F)(F)F)cccc2C(F)(F)F)cc1-c1c(C#N)cccc1-n1c2ccc(-c3c(C)cc(C)cc3C)cc2c2cc(-c3c(C)cc(C)cc3C)ccc21. The number of aromatic nitrogens is 1. The molecule has 0 fully saturated rings. The van der Waals surface area contributed by atoms with Crippen LogP contribution in [0.1, 0.15) is 72.3 Å². The molecule has 0 saturated heterocycles. The van der Waals surface area contributed by atoms with Crippen LogP contribution in [0.4, 0.5) is 37.7 Å². The lowest BCUT2D eigenvalue weighted by Crippen LogP contribution is -2.15. The molecule has 1 heterocycles. The summed E-state index contributed by atoms with van der Waals surface area (Å²) in [5.41, 5.74) is 17.1. The highest BCUT2D eigenvalue weighted by atomic mass is 19.4. The molecule has 10 aromatic rings. The van der Waals surface area contributed by atoms with Gasteiger partial charge in [-0.15, -0.1) is 6.58 Å². The molecule has 0 N–H and O–H groups in total. The van der Waals surface area contributed by atoms with Crippen molar-refractivity contribution < 1.29 is 26.3 Å². The Kier molecular flexibility index (Phi) is 13.8. The maximum absolute atomic E-state index is 15.1. The smallest absolute Gasteiger partial charge is 0.344 e. The molecule has 0 amide bonds. The zero-order valence-electron chi connectivity index (χ0n) is 46.0. The average molecular weight is 1060 g/mol. The lowest BCUT2D eigenvalue weighted by molar-refractivity contribution is -0.142. The van der Waals surface area contributed by atoms with Gasteiger partial charge in [0.2, 0.25) is 0 Å². The van der Waals surface area contributed by atoms with Gasteiger partial charge in [0.15, 0.2) is 0 Å². The molecule has 396 valence electrons. The first-order chi connectivity index (χ1) is 37.5. The van der Waals surface area contributed by atoms with Crippen LogP contribution in [0.2, 0.25) is 0 Å². The molecule has 0 aliphatic heterocycles. The molecule has 0 saturated carbocycles. The lowest BCUT2D eigenvalue weighted by atomic mass is 9.88. The van der Waals surface area contributed by atoms with E-state index in [9.17, 15) is 5.26 Å². The van der Waals surface area contributed by atoms with Crippen molar-refractivity contribution in [3.63, 3.8) is 0 Å². The molecule has 0 aliphatic carbocycles. The number of halogens is 6. The van der Waals surface area contributed by atoms with Crippen LogP contribution in [0.15, 0.2) is 158 Å². The Morgan fingerprint density at radius 3 is 1.32 bits per heavy atom. The minimum absolute atomic E-state index is 0.163. The van der Waals surface area contributed by atoms with Gasteiger partial charge in [-0.2, -0.15) is 31.6 Å². The number of nitriles is 1. The van der Waals surface area contributed by atoms with Crippen molar-refractivity contribution in [2.45, 2.75) is 81.1 Å². The molecule has 9 heteroatoms. The summed E-state index contributed by atoms with van der Waals surface area (Å²) < 4.78 is 92.8. The average Bonchev–Trinajstić information content (AvgIpc) is 3.71. The molecule has 79 heavy (non-hydrogen) atoms. The molecule has 0 radical (unpaired) electrons. The number of nitrogens with zero attached hydrogens (tertiary/aromatic N) is 3. The van der Waals surface area contributed by atoms with Gasteiger partial charge in [-0.25, -0.2) is 0 Å². The molecule has 0 aliphatic rings. The van der Waals surface area contributed by atoms with Gasteiger partial charge in [-0.3, -0.25) is 0 Å². The van der Waals surface area contributed by atoms with Gasteiger partial charge in [0, 0.05) is 45.9 Å². The summed E-state index contributed by atoms with van der Waals surface area (Å²) in [7, 11) is 1.83. The third-order valence-corrected chi connectivity index (χ3v) is 15.5. The van der Waals surface area contributed by atoms with Gasteiger partial charge in [0.05, 0.1) is 39.5 Å². The Labute approximate surface area is 458 Å². The number of fused-ring (bicyclic) bond motifs is 3. The Hall–Kier alpha value is -8.61. The fourth-order valence-electron chi connectivity index (χ4n) is 12.6. The maximum Gasteiger partial charge on any atom is 0.417 e. The molecule has 0 atom stereocenters. The molecule has 1 aromatic heterocycles. The van der Waals surface area contributed by atoms with Gasteiger partial charge >= 0.3 is 12.4 Å². The number of rotatable bonds is 10. The van der Waals surface area contributed by atoms with Crippen LogP contribution in [0.5, 0.6) is 0 Å². The third kappa shape index (κ3) is 9.68. The highest BCUT2D eigenvalue weighted by molar-refractivity contribution is 6.13. The van der Waals surface area contributed by atoms with Gasteiger partial charge < -0.3 is 9.47 Å². The summed E-state index contributed by atoms with van der Waals surface area (Å²) in [4.78, 5) is 1.90. The van der Waals surface area contributed by atoms with E-state index in [4.69, 9.17) is 0 Å². The first kappa shape index (κ1) is 53.8. The van der Waals surface area contributed by atoms with Crippen molar-refractivity contribution in [2.75, 3.05) is 11.9 Å². The van der Waals surface area contributed by atoms with Crippen molar-refractivity contribution in [3.8, 4) is 67.4 Å². The normalized spacial score (nSPS) is 11.9. The van der Waals surface area contributed by atoms with Gasteiger partial charge in [-0.1, -0.05) is 95.6 Å². The fraction of sp³-hybridized carbons (Fsp3) is 0.186. The Morgan fingerprint density at radius 1 is 0.481 bits per heavy atom. The van der Waals surface area contributed by atoms with E-state index in [0.717, 1.165) is 123 Å². The number of allylic oxidation sites excluding steroid dienone is 1. The van der Waals surface area contributed by atoms with Gasteiger partial charge in [0.1, 0.15) is 0 Å². The Bertz CT molecular complexity index is 3960. The summed E-state index contributed by atoms with van der Waals surface area (Å²) in [5.74, 6) is 0. The number of hydrogen-bond acceptors (Lipinski definition) is 2. The quantitative estimate of drug-likeness (QED) is 0.101. The lowest BCUT2D eigenvalue weighted by Gasteiger charge is -2.28. The van der Waals surface area contributed by atoms with E-state index < -0.39 is 29.0 Å². The van der Waals surface area contributed by atoms with E-state index in [-0.39, 0.29) is 16.7 Å². The highest BCUT2D eigenvalue weighted by Crippen LogP contribution is 2.50. The summed E-state index contributed by atoms with van der Waals surface area (Å²) in [5, 5.41) is 13.1. The van der Waals surface area contributed by atoms with E-state index in [1.807, 2.05) is 30.1 Å². The van der Waals surface area contributed by atoms with Crippen molar-refractivity contribution in [2.24, 2.45) is 0 Å². The maximum atomic E-state index is 15.1. The first-order valence-corrected chi connectivity index (χ1v) is 26.2. The van der Waals surface area contributed by atoms with Crippen LogP contribution in [0.3, 0.4) is 0 Å². The molecule has 0 bridgehead atoms. The van der Waals surface area contributed by atoms with E-state index in [1.54, 1.807) is 24.3 Å². The van der Waals surface area contributed by atoms with E-state index in [1.165, 1.54) is 12.1 Å². The molecular weight excluding hydrogens is 997 g/mol. The summed E-state index contributed by atoms with van der Waals surface area (Å²) in [6, 6.07) is 45.9. The number of benzene rings is 9. The van der Waals surface area contributed by atoms with E-state index in [0.29, 0.717) is 35.5 Å². The van der Waals surface area contributed by atoms with Crippen LogP contribution >= 0.6 is 0 Å². The van der Waals surface area contributed by atoms with Gasteiger partial charge in [0.25, 0.3) is 0 Å². The molecule has 0 spiro atoms. The molecule has 9 aromatic carbocycles. The van der Waals surface area contributed by atoms with Crippen molar-refractivity contribution >= 4 is 33.2 Å². The predicted molar refractivity (Wildman–Crippen MR) is 314 cm³/mol. The fourth-order valence-corrected chi connectivity index (χ4v) is 12.6. The number of alkyl halides is 6. The Balaban J connectivity index is 1.30. The second-order valence-electron chi connectivity index (χ2n) is 21.3. The topological polar surface area (TPSA) is 32.0 Å². The highest BCUT2D eigenvalue weighted by Gasteiger charge is 2.41. The van der Waals surface area contributed by atoms with Crippen molar-refractivity contribution in [3.05, 3.63) is 231 Å². The van der Waals surface area contributed by atoms with Gasteiger partial charge in [-0.05, 0) is 219 Å². The number of anilines is 2.